The maximum absolute atomic E-state index is 12.8. The van der Waals surface area contributed by atoms with Crippen LogP contribution < -0.4 is 21.9 Å². The number of carbonyl (C=O) groups excluding carboxylic acids is 1. The van der Waals surface area contributed by atoms with Gasteiger partial charge in [0.05, 0.1) is 19.7 Å². The number of nitrogen functional groups attached to an aromatic ring is 1. The van der Waals surface area contributed by atoms with Gasteiger partial charge in [0, 0.05) is 13.0 Å². The van der Waals surface area contributed by atoms with Crippen LogP contribution in [0.3, 0.4) is 0 Å². The summed E-state index contributed by atoms with van der Waals surface area (Å²) < 4.78 is 6.18. The molecule has 2 rings (SSSR count). The molecule has 8 heteroatoms. The number of ether oxygens (including phenoxy) is 1. The SMILES string of the molecule is COCCn1c(N)c(N(Cc2ccccc2)C(=O)C(C)C)c(=O)[nH]c1=O. The lowest BCUT2D eigenvalue weighted by molar-refractivity contribution is -0.121. The number of nitrogens with one attached hydrogen (secondary N) is 1. The monoisotopic (exact) mass is 360 g/mol. The van der Waals surface area contributed by atoms with E-state index in [1.54, 1.807) is 13.8 Å². The Bertz CT molecular complexity index is 871. The molecule has 0 atom stereocenters. The Morgan fingerprint density at radius 2 is 1.92 bits per heavy atom. The normalized spacial score (nSPS) is 10.9. The van der Waals surface area contributed by atoms with E-state index in [9.17, 15) is 14.4 Å². The summed E-state index contributed by atoms with van der Waals surface area (Å²) in [6.45, 7) is 4.07. The number of H-pyrrole nitrogens is 1. The fourth-order valence-corrected chi connectivity index (χ4v) is 2.59. The summed E-state index contributed by atoms with van der Waals surface area (Å²) in [6, 6.07) is 9.27. The van der Waals surface area contributed by atoms with Crippen molar-refractivity contribution in [2.24, 2.45) is 5.92 Å². The first-order valence-corrected chi connectivity index (χ1v) is 8.33. The van der Waals surface area contributed by atoms with Crippen molar-refractivity contribution in [1.29, 1.82) is 0 Å². The average Bonchev–Trinajstić information content (AvgIpc) is 2.60. The second kappa shape index (κ2) is 8.48. The number of hydrogen-bond donors (Lipinski definition) is 2. The van der Waals surface area contributed by atoms with Crippen LogP contribution in [0.2, 0.25) is 0 Å². The lowest BCUT2D eigenvalue weighted by Gasteiger charge is -2.26. The van der Waals surface area contributed by atoms with Gasteiger partial charge in [-0.2, -0.15) is 0 Å². The summed E-state index contributed by atoms with van der Waals surface area (Å²) in [6.07, 6.45) is 0. The van der Waals surface area contributed by atoms with Gasteiger partial charge in [0.2, 0.25) is 5.91 Å². The molecule has 0 aliphatic carbocycles. The van der Waals surface area contributed by atoms with Crippen LogP contribution in [0, 0.1) is 5.92 Å². The molecular weight excluding hydrogens is 336 g/mol. The van der Waals surface area contributed by atoms with Gasteiger partial charge in [-0.3, -0.25) is 24.0 Å². The van der Waals surface area contributed by atoms with Crippen LogP contribution in [0.4, 0.5) is 11.5 Å². The molecule has 26 heavy (non-hydrogen) atoms. The molecule has 1 aromatic carbocycles. The van der Waals surface area contributed by atoms with Gasteiger partial charge in [-0.25, -0.2) is 4.79 Å². The van der Waals surface area contributed by atoms with Crippen molar-refractivity contribution in [2.45, 2.75) is 26.9 Å². The molecule has 0 aliphatic heterocycles. The number of aromatic nitrogens is 2. The highest BCUT2D eigenvalue weighted by Gasteiger charge is 2.26. The fraction of sp³-hybridized carbons (Fsp3) is 0.389. The lowest BCUT2D eigenvalue weighted by Crippen LogP contribution is -2.42. The van der Waals surface area contributed by atoms with Crippen LogP contribution in [0.25, 0.3) is 0 Å². The Balaban J connectivity index is 2.58. The second-order valence-electron chi connectivity index (χ2n) is 6.20. The van der Waals surface area contributed by atoms with Gasteiger partial charge in [-0.15, -0.1) is 0 Å². The van der Waals surface area contributed by atoms with E-state index >= 15 is 0 Å². The number of nitrogens with two attached hydrogens (primary N) is 1. The molecule has 0 saturated carbocycles. The lowest BCUT2D eigenvalue weighted by atomic mass is 10.1. The third kappa shape index (κ3) is 4.20. The Hall–Kier alpha value is -2.87. The predicted octanol–water partition coefficient (Wildman–Crippen LogP) is 0.954. The van der Waals surface area contributed by atoms with E-state index in [-0.39, 0.29) is 43.0 Å². The number of nitrogens with zero attached hydrogens (tertiary/aromatic N) is 2. The third-order valence-electron chi connectivity index (χ3n) is 3.95. The van der Waals surface area contributed by atoms with Crippen molar-refractivity contribution < 1.29 is 9.53 Å². The number of methoxy groups -OCH3 is 1. The molecule has 0 aliphatic rings. The summed E-state index contributed by atoms with van der Waals surface area (Å²) in [7, 11) is 1.50. The van der Waals surface area contributed by atoms with Gasteiger partial charge in [0.15, 0.2) is 5.69 Å². The van der Waals surface area contributed by atoms with Gasteiger partial charge < -0.3 is 10.5 Å². The summed E-state index contributed by atoms with van der Waals surface area (Å²) in [4.78, 5) is 40.9. The zero-order chi connectivity index (χ0) is 19.3. The number of hydrogen-bond acceptors (Lipinski definition) is 5. The van der Waals surface area contributed by atoms with E-state index < -0.39 is 11.2 Å². The van der Waals surface area contributed by atoms with E-state index in [2.05, 4.69) is 4.98 Å². The molecule has 1 aromatic heterocycles. The van der Waals surface area contributed by atoms with E-state index in [1.165, 1.54) is 16.6 Å². The smallest absolute Gasteiger partial charge is 0.330 e. The zero-order valence-corrected chi connectivity index (χ0v) is 15.2. The highest BCUT2D eigenvalue weighted by atomic mass is 16.5. The standard InChI is InChI=1S/C18H24N4O4/c1-12(2)17(24)22(11-13-7-5-4-6-8-13)14-15(19)21(9-10-26-3)18(25)20-16(14)23/h4-8,12H,9-11,19H2,1-3H3,(H,20,23,25). The predicted molar refractivity (Wildman–Crippen MR) is 100 cm³/mol. The van der Waals surface area contributed by atoms with Gasteiger partial charge in [0.1, 0.15) is 5.82 Å². The minimum Gasteiger partial charge on any atom is -0.383 e. The van der Waals surface area contributed by atoms with E-state index in [0.717, 1.165) is 5.56 Å². The quantitative estimate of drug-likeness (QED) is 0.764. The number of carbonyl (C=O) groups is 1. The Kier molecular flexibility index (Phi) is 6.35. The van der Waals surface area contributed by atoms with Crippen LogP contribution in [0.1, 0.15) is 19.4 Å². The molecule has 140 valence electrons. The first-order chi connectivity index (χ1) is 12.4. The average molecular weight is 360 g/mol. The fourth-order valence-electron chi connectivity index (χ4n) is 2.59. The maximum atomic E-state index is 12.8. The molecule has 0 spiro atoms. The first-order valence-electron chi connectivity index (χ1n) is 8.33. The van der Waals surface area contributed by atoms with E-state index in [4.69, 9.17) is 10.5 Å². The largest absolute Gasteiger partial charge is 0.383 e. The van der Waals surface area contributed by atoms with Crippen molar-refractivity contribution in [3.05, 3.63) is 56.7 Å². The molecule has 0 unspecified atom stereocenters. The molecular formula is C18H24N4O4. The van der Waals surface area contributed by atoms with Crippen molar-refractivity contribution >= 4 is 17.4 Å². The molecule has 1 amide bonds. The van der Waals surface area contributed by atoms with Gasteiger partial charge in [-0.1, -0.05) is 44.2 Å². The van der Waals surface area contributed by atoms with Gasteiger partial charge in [-0.05, 0) is 5.56 Å². The van der Waals surface area contributed by atoms with E-state index in [0.29, 0.717) is 0 Å². The molecule has 3 N–H and O–H groups in total. The van der Waals surface area contributed by atoms with Crippen LogP contribution in [-0.4, -0.2) is 29.2 Å². The maximum Gasteiger partial charge on any atom is 0.330 e. The molecule has 1 heterocycles. The number of aromatic amines is 1. The number of anilines is 2. The van der Waals surface area contributed by atoms with Crippen molar-refractivity contribution in [1.82, 2.24) is 9.55 Å². The van der Waals surface area contributed by atoms with Gasteiger partial charge >= 0.3 is 5.69 Å². The highest BCUT2D eigenvalue weighted by molar-refractivity contribution is 5.96. The molecule has 0 saturated heterocycles. The van der Waals surface area contributed by atoms with Crippen molar-refractivity contribution in [2.75, 3.05) is 24.4 Å². The first kappa shape index (κ1) is 19.5. The van der Waals surface area contributed by atoms with Crippen LogP contribution in [0.5, 0.6) is 0 Å². The molecule has 0 bridgehead atoms. The Morgan fingerprint density at radius 3 is 2.50 bits per heavy atom. The molecule has 2 aromatic rings. The summed E-state index contributed by atoms with van der Waals surface area (Å²) in [5, 5.41) is 0. The molecule has 0 fully saturated rings. The second-order valence-corrected chi connectivity index (χ2v) is 6.20. The van der Waals surface area contributed by atoms with Crippen LogP contribution in [0.15, 0.2) is 39.9 Å². The van der Waals surface area contributed by atoms with Crippen LogP contribution >= 0.6 is 0 Å². The third-order valence-corrected chi connectivity index (χ3v) is 3.95. The minimum atomic E-state index is -0.689. The minimum absolute atomic E-state index is 0.0248. The highest BCUT2D eigenvalue weighted by Crippen LogP contribution is 2.21. The van der Waals surface area contributed by atoms with E-state index in [1.807, 2.05) is 30.3 Å². The summed E-state index contributed by atoms with van der Waals surface area (Å²) in [5.74, 6) is -0.666. The Labute approximate surface area is 151 Å². The van der Waals surface area contributed by atoms with Crippen LogP contribution in [-0.2, 0) is 22.6 Å². The van der Waals surface area contributed by atoms with Crippen molar-refractivity contribution in [3.63, 3.8) is 0 Å². The molecule has 8 nitrogen and oxygen atoms in total. The van der Waals surface area contributed by atoms with Gasteiger partial charge in [0.25, 0.3) is 5.56 Å². The summed E-state index contributed by atoms with van der Waals surface area (Å²) >= 11 is 0. The Morgan fingerprint density at radius 1 is 1.27 bits per heavy atom. The summed E-state index contributed by atoms with van der Waals surface area (Å²) in [5.41, 5.74) is 5.61. The molecule has 0 radical (unpaired) electrons. The topological polar surface area (TPSA) is 110 Å². The number of rotatable bonds is 7. The number of amides is 1. The zero-order valence-electron chi connectivity index (χ0n) is 15.2. The number of benzene rings is 1. The van der Waals surface area contributed by atoms with Crippen molar-refractivity contribution in [3.8, 4) is 0 Å².